The van der Waals surface area contributed by atoms with E-state index in [0.29, 0.717) is 12.3 Å². The normalized spacial score (nSPS) is 13.8. The Balaban J connectivity index is 2.75. The number of thioether (sulfide) groups is 1. The fraction of sp³-hybridized carbons (Fsp3) is 0.500. The lowest BCUT2D eigenvalue weighted by Gasteiger charge is -2.17. The van der Waals surface area contributed by atoms with Gasteiger partial charge >= 0.3 is 11.7 Å². The first-order valence-corrected chi connectivity index (χ1v) is 7.05. The zero-order valence-corrected chi connectivity index (χ0v) is 12.1. The monoisotopic (exact) mass is 346 g/mol. The summed E-state index contributed by atoms with van der Waals surface area (Å²) >= 11 is -0.300. The Hall–Kier alpha value is -1.45. The van der Waals surface area contributed by atoms with E-state index in [1.165, 1.54) is 0 Å². The number of carbonyl (C=O) groups excluding carboxylic acids is 1. The van der Waals surface area contributed by atoms with Crippen molar-refractivity contribution >= 4 is 17.7 Å². The maximum absolute atomic E-state index is 12.5. The summed E-state index contributed by atoms with van der Waals surface area (Å²) in [6.07, 6.45) is -2.96. The van der Waals surface area contributed by atoms with Gasteiger partial charge in [-0.05, 0) is 24.2 Å². The van der Waals surface area contributed by atoms with Crippen molar-refractivity contribution in [3.8, 4) is 0 Å². The molecule has 0 spiro atoms. The van der Waals surface area contributed by atoms with Crippen LogP contribution in [0.4, 0.5) is 26.3 Å². The van der Waals surface area contributed by atoms with E-state index in [1.807, 2.05) is 0 Å². The molecule has 1 amide bonds. The van der Waals surface area contributed by atoms with Crippen molar-refractivity contribution in [1.82, 2.24) is 10.3 Å². The van der Waals surface area contributed by atoms with Crippen LogP contribution in [0.1, 0.15) is 29.3 Å². The lowest BCUT2D eigenvalue weighted by molar-refractivity contribution is -0.137. The van der Waals surface area contributed by atoms with Gasteiger partial charge in [0.25, 0.3) is 5.91 Å². The predicted octanol–water partition coefficient (Wildman–Crippen LogP) is 3.86. The Bertz CT molecular complexity index is 517. The van der Waals surface area contributed by atoms with E-state index in [1.54, 1.807) is 6.92 Å². The second kappa shape index (κ2) is 7.21. The van der Waals surface area contributed by atoms with Crippen molar-refractivity contribution in [1.29, 1.82) is 0 Å². The van der Waals surface area contributed by atoms with Crippen LogP contribution >= 0.6 is 11.8 Å². The van der Waals surface area contributed by atoms with E-state index in [0.717, 1.165) is 6.20 Å². The van der Waals surface area contributed by atoms with Gasteiger partial charge in [-0.1, -0.05) is 6.92 Å². The van der Waals surface area contributed by atoms with Gasteiger partial charge in [-0.2, -0.15) is 26.3 Å². The molecule has 1 aromatic rings. The summed E-state index contributed by atoms with van der Waals surface area (Å²) in [4.78, 5) is 15.1. The Labute approximate surface area is 126 Å². The highest BCUT2D eigenvalue weighted by Crippen LogP contribution is 2.31. The van der Waals surface area contributed by atoms with Gasteiger partial charge in [0.05, 0.1) is 11.1 Å². The molecular formula is C12H12F6N2OS. The van der Waals surface area contributed by atoms with Crippen LogP contribution in [-0.2, 0) is 6.18 Å². The molecule has 0 aliphatic rings. The maximum atomic E-state index is 12.5. The molecule has 1 aromatic heterocycles. The van der Waals surface area contributed by atoms with Crippen molar-refractivity contribution < 1.29 is 31.1 Å². The molecule has 0 saturated heterocycles. The van der Waals surface area contributed by atoms with Crippen molar-refractivity contribution in [2.75, 3.05) is 5.75 Å². The topological polar surface area (TPSA) is 42.0 Å². The molecule has 1 atom stereocenters. The summed E-state index contributed by atoms with van der Waals surface area (Å²) in [7, 11) is 0. The number of nitrogens with one attached hydrogen (secondary N) is 1. The molecule has 3 nitrogen and oxygen atoms in total. The van der Waals surface area contributed by atoms with Gasteiger partial charge in [0.1, 0.15) is 0 Å². The average Bonchev–Trinajstić information content (AvgIpc) is 2.41. The molecule has 0 aliphatic carbocycles. The summed E-state index contributed by atoms with van der Waals surface area (Å²) in [5, 5.41) is 2.27. The van der Waals surface area contributed by atoms with E-state index >= 15 is 0 Å². The largest absolute Gasteiger partial charge is 0.441 e. The molecule has 22 heavy (non-hydrogen) atoms. The Kier molecular flexibility index (Phi) is 6.09. The van der Waals surface area contributed by atoms with Gasteiger partial charge < -0.3 is 5.32 Å². The van der Waals surface area contributed by atoms with E-state index in [2.05, 4.69) is 10.3 Å². The molecule has 0 aliphatic heterocycles. The summed E-state index contributed by atoms with van der Waals surface area (Å²) in [6, 6.07) is -0.208. The molecule has 1 rings (SSSR count). The van der Waals surface area contributed by atoms with Crippen LogP contribution in [0.25, 0.3) is 0 Å². The first kappa shape index (κ1) is 18.6. The van der Waals surface area contributed by atoms with Gasteiger partial charge in [-0.3, -0.25) is 9.78 Å². The number of alkyl halides is 6. The van der Waals surface area contributed by atoms with Crippen molar-refractivity contribution in [3.05, 3.63) is 29.6 Å². The number of hydrogen-bond donors (Lipinski definition) is 1. The molecule has 0 fully saturated rings. The quantitative estimate of drug-likeness (QED) is 0.823. The average molecular weight is 346 g/mol. The Morgan fingerprint density at radius 2 is 1.91 bits per heavy atom. The third-order valence-electron chi connectivity index (χ3n) is 2.60. The van der Waals surface area contributed by atoms with E-state index in [9.17, 15) is 31.1 Å². The summed E-state index contributed by atoms with van der Waals surface area (Å²) in [6.45, 7) is 1.56. The molecule has 0 aromatic carbocycles. The van der Waals surface area contributed by atoms with Gasteiger partial charge in [0.2, 0.25) is 0 Å². The summed E-state index contributed by atoms with van der Waals surface area (Å²) < 4.78 is 73.9. The van der Waals surface area contributed by atoms with E-state index < -0.39 is 34.9 Å². The highest BCUT2D eigenvalue weighted by molar-refractivity contribution is 8.00. The fourth-order valence-corrected chi connectivity index (χ4v) is 2.15. The van der Waals surface area contributed by atoms with Crippen LogP contribution in [0.2, 0.25) is 0 Å². The van der Waals surface area contributed by atoms with Crippen molar-refractivity contribution in [2.45, 2.75) is 31.1 Å². The van der Waals surface area contributed by atoms with Crippen LogP contribution in [0.15, 0.2) is 18.5 Å². The molecule has 0 saturated carbocycles. The number of halogens is 6. The Morgan fingerprint density at radius 3 is 2.41 bits per heavy atom. The van der Waals surface area contributed by atoms with Crippen LogP contribution in [-0.4, -0.2) is 28.2 Å². The summed E-state index contributed by atoms with van der Waals surface area (Å²) in [5.41, 5.74) is -5.89. The zero-order valence-electron chi connectivity index (χ0n) is 11.3. The van der Waals surface area contributed by atoms with Crippen LogP contribution in [0.3, 0.4) is 0 Å². The second-order valence-electron chi connectivity index (χ2n) is 4.30. The third-order valence-corrected chi connectivity index (χ3v) is 3.50. The number of pyridine rings is 1. The third kappa shape index (κ3) is 6.12. The molecule has 0 radical (unpaired) electrons. The molecule has 10 heteroatoms. The molecule has 1 N–H and O–H groups in total. The van der Waals surface area contributed by atoms with Gasteiger partial charge in [-0.15, -0.1) is 0 Å². The van der Waals surface area contributed by atoms with Crippen LogP contribution in [0.5, 0.6) is 0 Å². The van der Waals surface area contributed by atoms with E-state index in [-0.39, 0.29) is 23.7 Å². The highest BCUT2D eigenvalue weighted by Gasteiger charge is 2.32. The molecule has 0 bridgehead atoms. The van der Waals surface area contributed by atoms with Crippen LogP contribution < -0.4 is 5.32 Å². The zero-order chi connectivity index (χ0) is 17.0. The van der Waals surface area contributed by atoms with Crippen molar-refractivity contribution in [2.24, 2.45) is 0 Å². The minimum absolute atomic E-state index is 0.210. The number of nitrogens with zero attached hydrogens (tertiary/aromatic N) is 1. The summed E-state index contributed by atoms with van der Waals surface area (Å²) in [5.74, 6) is -1.31. The number of rotatable bonds is 5. The first-order valence-electron chi connectivity index (χ1n) is 6.06. The van der Waals surface area contributed by atoms with Gasteiger partial charge in [0.15, 0.2) is 0 Å². The second-order valence-corrected chi connectivity index (χ2v) is 5.38. The number of amides is 1. The van der Waals surface area contributed by atoms with Crippen LogP contribution in [0, 0.1) is 0 Å². The number of aromatic nitrogens is 1. The number of carbonyl (C=O) groups is 1. The standard InChI is InChI=1S/C12H12F6N2OS/c1-2-9(6-22-12(16,17)18)20-10(21)7-3-8(5-19-4-7)11(13,14)15/h3-5,9H,2,6H2,1H3,(H,20,21). The molecule has 1 unspecified atom stereocenters. The van der Waals surface area contributed by atoms with Gasteiger partial charge in [-0.25, -0.2) is 0 Å². The minimum Gasteiger partial charge on any atom is -0.348 e. The predicted molar refractivity (Wildman–Crippen MR) is 69.3 cm³/mol. The molecule has 1 heterocycles. The molecular weight excluding hydrogens is 334 g/mol. The van der Waals surface area contributed by atoms with E-state index in [4.69, 9.17) is 0 Å². The fourth-order valence-electron chi connectivity index (χ4n) is 1.44. The minimum atomic E-state index is -4.65. The smallest absolute Gasteiger partial charge is 0.348 e. The maximum Gasteiger partial charge on any atom is 0.441 e. The highest BCUT2D eigenvalue weighted by atomic mass is 32.2. The van der Waals surface area contributed by atoms with Gasteiger partial charge in [0, 0.05) is 24.2 Å². The lowest BCUT2D eigenvalue weighted by Crippen LogP contribution is -2.37. The SMILES string of the molecule is CCC(CSC(F)(F)F)NC(=O)c1cncc(C(F)(F)F)c1. The first-order chi connectivity index (χ1) is 10.0. The number of hydrogen-bond acceptors (Lipinski definition) is 3. The molecule has 124 valence electrons. The Morgan fingerprint density at radius 1 is 1.27 bits per heavy atom. The van der Waals surface area contributed by atoms with Crippen molar-refractivity contribution in [3.63, 3.8) is 0 Å². The lowest BCUT2D eigenvalue weighted by atomic mass is 10.1.